The largest absolute Gasteiger partial charge is 0.496 e. The van der Waals surface area contributed by atoms with Gasteiger partial charge in [-0.05, 0) is 25.0 Å². The molecule has 18 heavy (non-hydrogen) atoms. The molecular weight excluding hydrogens is 232 g/mol. The quantitative estimate of drug-likeness (QED) is 0.622. The van der Waals surface area contributed by atoms with Gasteiger partial charge in [0.05, 0.1) is 18.1 Å². The number of nitro groups is 1. The maximum absolute atomic E-state index is 11.0. The molecule has 0 aliphatic heterocycles. The number of hydrogen-bond acceptors (Lipinski definition) is 4. The molecule has 0 spiro atoms. The Morgan fingerprint density at radius 3 is 2.61 bits per heavy atom. The summed E-state index contributed by atoms with van der Waals surface area (Å²) in [6.45, 7) is 6.25. The highest BCUT2D eigenvalue weighted by molar-refractivity contribution is 5.64. The number of rotatable bonds is 6. The van der Waals surface area contributed by atoms with E-state index in [0.29, 0.717) is 17.4 Å². The molecule has 1 rings (SSSR count). The Bertz CT molecular complexity index is 421. The number of nitrogens with zero attached hydrogens (tertiary/aromatic N) is 1. The first-order chi connectivity index (χ1) is 8.49. The van der Waals surface area contributed by atoms with E-state index in [1.54, 1.807) is 12.1 Å². The molecule has 0 radical (unpaired) electrons. The van der Waals surface area contributed by atoms with Crippen molar-refractivity contribution < 1.29 is 9.66 Å². The molecule has 1 aromatic rings. The molecule has 0 aromatic heterocycles. The predicted molar refractivity (Wildman–Crippen MR) is 72.2 cm³/mol. The van der Waals surface area contributed by atoms with Crippen LogP contribution in [0.4, 0.5) is 11.4 Å². The Morgan fingerprint density at radius 1 is 1.44 bits per heavy atom. The van der Waals surface area contributed by atoms with Gasteiger partial charge in [0.1, 0.15) is 11.4 Å². The Morgan fingerprint density at radius 2 is 2.11 bits per heavy atom. The summed E-state index contributed by atoms with van der Waals surface area (Å²) in [6, 6.07) is 5.03. The lowest BCUT2D eigenvalue weighted by atomic mass is 10.0. The van der Waals surface area contributed by atoms with Crippen LogP contribution >= 0.6 is 0 Å². The van der Waals surface area contributed by atoms with E-state index in [-0.39, 0.29) is 11.7 Å². The minimum Gasteiger partial charge on any atom is -0.496 e. The number of anilines is 1. The molecule has 0 fully saturated rings. The van der Waals surface area contributed by atoms with E-state index >= 15 is 0 Å². The number of methoxy groups -OCH3 is 1. The molecule has 100 valence electrons. The van der Waals surface area contributed by atoms with Gasteiger partial charge in [0.15, 0.2) is 0 Å². The van der Waals surface area contributed by atoms with Crippen molar-refractivity contribution >= 4 is 11.4 Å². The van der Waals surface area contributed by atoms with Crippen LogP contribution in [0.2, 0.25) is 0 Å². The zero-order valence-electron chi connectivity index (χ0n) is 11.3. The van der Waals surface area contributed by atoms with E-state index in [2.05, 4.69) is 19.2 Å². The molecule has 0 amide bonds. The summed E-state index contributed by atoms with van der Waals surface area (Å²) in [5.41, 5.74) is 0.582. The van der Waals surface area contributed by atoms with Gasteiger partial charge in [0.2, 0.25) is 0 Å². The summed E-state index contributed by atoms with van der Waals surface area (Å²) in [5.74, 6) is 0.940. The normalized spacial score (nSPS) is 13.8. The predicted octanol–water partition coefficient (Wildman–Crippen LogP) is 3.45. The van der Waals surface area contributed by atoms with Crippen molar-refractivity contribution in [2.75, 3.05) is 12.4 Å². The first kappa shape index (κ1) is 14.3. The van der Waals surface area contributed by atoms with E-state index in [1.807, 2.05) is 6.92 Å². The SMILES string of the molecule is CCC(C)C(C)Nc1ccc(OC)cc1[N+](=O)[O-]. The van der Waals surface area contributed by atoms with Crippen LogP contribution in [0.15, 0.2) is 18.2 Å². The van der Waals surface area contributed by atoms with E-state index < -0.39 is 4.92 Å². The first-order valence-electron chi connectivity index (χ1n) is 6.08. The van der Waals surface area contributed by atoms with Gasteiger partial charge in [-0.1, -0.05) is 20.3 Å². The maximum atomic E-state index is 11.0. The summed E-state index contributed by atoms with van der Waals surface area (Å²) >= 11 is 0. The van der Waals surface area contributed by atoms with Crippen LogP contribution in [-0.2, 0) is 0 Å². The number of benzene rings is 1. The molecule has 2 atom stereocenters. The van der Waals surface area contributed by atoms with E-state index in [4.69, 9.17) is 4.74 Å². The molecular formula is C13H20N2O3. The highest BCUT2D eigenvalue weighted by Crippen LogP contribution is 2.30. The molecule has 0 aliphatic carbocycles. The molecule has 2 unspecified atom stereocenters. The van der Waals surface area contributed by atoms with E-state index in [1.165, 1.54) is 13.2 Å². The third kappa shape index (κ3) is 3.35. The average Bonchev–Trinajstić information content (AvgIpc) is 2.37. The minimum absolute atomic E-state index is 0.0458. The van der Waals surface area contributed by atoms with Crippen molar-refractivity contribution in [1.82, 2.24) is 0 Å². The lowest BCUT2D eigenvalue weighted by Crippen LogP contribution is -2.23. The zero-order valence-corrected chi connectivity index (χ0v) is 11.3. The fourth-order valence-electron chi connectivity index (χ4n) is 1.65. The van der Waals surface area contributed by atoms with Gasteiger partial charge in [0.25, 0.3) is 5.69 Å². The average molecular weight is 252 g/mol. The van der Waals surface area contributed by atoms with Crippen LogP contribution in [-0.4, -0.2) is 18.1 Å². The van der Waals surface area contributed by atoms with Gasteiger partial charge in [-0.15, -0.1) is 0 Å². The highest BCUT2D eigenvalue weighted by Gasteiger charge is 2.18. The van der Waals surface area contributed by atoms with Crippen molar-refractivity contribution in [3.63, 3.8) is 0 Å². The highest BCUT2D eigenvalue weighted by atomic mass is 16.6. The van der Waals surface area contributed by atoms with Crippen LogP contribution in [0.5, 0.6) is 5.75 Å². The molecule has 1 N–H and O–H groups in total. The lowest BCUT2D eigenvalue weighted by molar-refractivity contribution is -0.384. The summed E-state index contributed by atoms with van der Waals surface area (Å²) in [7, 11) is 1.49. The molecule has 5 nitrogen and oxygen atoms in total. The fraction of sp³-hybridized carbons (Fsp3) is 0.538. The monoisotopic (exact) mass is 252 g/mol. The number of hydrogen-bond donors (Lipinski definition) is 1. The lowest BCUT2D eigenvalue weighted by Gasteiger charge is -2.21. The Hall–Kier alpha value is -1.78. The van der Waals surface area contributed by atoms with Crippen molar-refractivity contribution in [1.29, 1.82) is 0 Å². The standard InChI is InChI=1S/C13H20N2O3/c1-5-9(2)10(3)14-12-7-6-11(18-4)8-13(12)15(16)17/h6-10,14H,5H2,1-4H3. The molecule has 0 saturated heterocycles. The summed E-state index contributed by atoms with van der Waals surface area (Å²) in [4.78, 5) is 10.6. The van der Waals surface area contributed by atoms with Crippen LogP contribution in [0, 0.1) is 16.0 Å². The van der Waals surface area contributed by atoms with Crippen LogP contribution < -0.4 is 10.1 Å². The molecule has 5 heteroatoms. The number of nitrogens with one attached hydrogen (secondary N) is 1. The Balaban J connectivity index is 2.97. The van der Waals surface area contributed by atoms with Gasteiger partial charge in [-0.2, -0.15) is 0 Å². The summed E-state index contributed by atoms with van der Waals surface area (Å²) in [6.07, 6.45) is 1.03. The second-order valence-corrected chi connectivity index (χ2v) is 4.46. The van der Waals surface area contributed by atoms with Gasteiger partial charge in [0, 0.05) is 6.04 Å². The fourth-order valence-corrected chi connectivity index (χ4v) is 1.65. The van der Waals surface area contributed by atoms with Gasteiger partial charge in [-0.25, -0.2) is 0 Å². The molecule has 0 bridgehead atoms. The first-order valence-corrected chi connectivity index (χ1v) is 6.08. The van der Waals surface area contributed by atoms with Crippen molar-refractivity contribution in [3.05, 3.63) is 28.3 Å². The minimum atomic E-state index is -0.395. The number of ether oxygens (including phenoxy) is 1. The molecule has 0 aliphatic rings. The van der Waals surface area contributed by atoms with Crippen LogP contribution in [0.3, 0.4) is 0 Å². The van der Waals surface area contributed by atoms with Crippen molar-refractivity contribution in [2.24, 2.45) is 5.92 Å². The smallest absolute Gasteiger partial charge is 0.296 e. The topological polar surface area (TPSA) is 64.4 Å². The maximum Gasteiger partial charge on any atom is 0.296 e. The summed E-state index contributed by atoms with van der Waals surface area (Å²) < 4.78 is 5.00. The van der Waals surface area contributed by atoms with Crippen LogP contribution in [0.1, 0.15) is 27.2 Å². The summed E-state index contributed by atoms with van der Waals surface area (Å²) in [5, 5.41) is 14.2. The zero-order chi connectivity index (χ0) is 13.7. The van der Waals surface area contributed by atoms with E-state index in [9.17, 15) is 10.1 Å². The van der Waals surface area contributed by atoms with Crippen molar-refractivity contribution in [2.45, 2.75) is 33.2 Å². The Labute approximate surface area is 107 Å². The van der Waals surface area contributed by atoms with Gasteiger partial charge >= 0.3 is 0 Å². The number of nitro benzene ring substituents is 1. The third-order valence-electron chi connectivity index (χ3n) is 3.28. The second-order valence-electron chi connectivity index (χ2n) is 4.46. The van der Waals surface area contributed by atoms with Crippen LogP contribution in [0.25, 0.3) is 0 Å². The third-order valence-corrected chi connectivity index (χ3v) is 3.28. The molecule has 1 aromatic carbocycles. The Kier molecular flexibility index (Phi) is 4.95. The molecule has 0 heterocycles. The van der Waals surface area contributed by atoms with E-state index in [0.717, 1.165) is 6.42 Å². The van der Waals surface area contributed by atoms with Gasteiger partial charge < -0.3 is 10.1 Å². The van der Waals surface area contributed by atoms with Gasteiger partial charge in [-0.3, -0.25) is 10.1 Å². The second kappa shape index (κ2) is 6.23. The van der Waals surface area contributed by atoms with Crippen molar-refractivity contribution in [3.8, 4) is 5.75 Å². The molecule has 0 saturated carbocycles.